The van der Waals surface area contributed by atoms with E-state index in [0.717, 1.165) is 0 Å². The molecule has 8 heteroatoms. The number of anilines is 1. The number of hydrogen-bond donors (Lipinski definition) is 4. The van der Waals surface area contributed by atoms with Gasteiger partial charge in [0.05, 0.1) is 12.8 Å². The third kappa shape index (κ3) is 2.17. The number of methoxy groups -OCH3 is 1. The Bertz CT molecular complexity index is 523. The van der Waals surface area contributed by atoms with Crippen LogP contribution >= 0.6 is 0 Å². The first kappa shape index (κ1) is 11.7. The Labute approximate surface area is 102 Å². The van der Waals surface area contributed by atoms with Crippen molar-refractivity contribution in [3.05, 3.63) is 18.2 Å². The summed E-state index contributed by atoms with van der Waals surface area (Å²) in [5.74, 6) is -1.01. The van der Waals surface area contributed by atoms with Gasteiger partial charge in [-0.15, -0.1) is 0 Å². The number of rotatable bonds is 3. The summed E-state index contributed by atoms with van der Waals surface area (Å²) in [6.07, 6.45) is 0. The number of ether oxygens (including phenoxy) is 1. The van der Waals surface area contributed by atoms with Crippen molar-refractivity contribution in [3.8, 4) is 11.5 Å². The molecule has 1 aromatic rings. The van der Waals surface area contributed by atoms with Crippen molar-refractivity contribution < 1.29 is 19.4 Å². The number of phenolic OH excluding ortho intramolecular Hbond substituents is 1. The smallest absolute Gasteiger partial charge is 0.295 e. The number of carbonyl (C=O) groups excluding carboxylic acids is 2. The quantitative estimate of drug-likeness (QED) is 0.531. The van der Waals surface area contributed by atoms with Gasteiger partial charge in [-0.25, -0.2) is 0 Å². The van der Waals surface area contributed by atoms with E-state index in [1.165, 1.54) is 19.2 Å². The molecular formula is C10H10N4O4. The van der Waals surface area contributed by atoms with Gasteiger partial charge in [0.2, 0.25) is 5.71 Å². The first-order valence-electron chi connectivity index (χ1n) is 4.93. The average molecular weight is 250 g/mol. The second-order valence-electron chi connectivity index (χ2n) is 3.37. The van der Waals surface area contributed by atoms with E-state index in [1.54, 1.807) is 6.07 Å². The lowest BCUT2D eigenvalue weighted by atomic mass is 10.3. The Hall–Kier alpha value is -2.77. The van der Waals surface area contributed by atoms with Crippen molar-refractivity contribution in [3.63, 3.8) is 0 Å². The lowest BCUT2D eigenvalue weighted by Gasteiger charge is -2.05. The van der Waals surface area contributed by atoms with Gasteiger partial charge in [-0.05, 0) is 12.1 Å². The highest BCUT2D eigenvalue weighted by Gasteiger charge is 2.27. The van der Waals surface area contributed by atoms with Gasteiger partial charge in [-0.2, -0.15) is 5.10 Å². The molecule has 0 unspecified atom stereocenters. The topological polar surface area (TPSA) is 112 Å². The fraction of sp³-hybridized carbons (Fsp3) is 0.100. The molecule has 0 spiro atoms. The molecule has 1 saturated heterocycles. The fourth-order valence-corrected chi connectivity index (χ4v) is 1.32. The molecule has 1 heterocycles. The summed E-state index contributed by atoms with van der Waals surface area (Å²) in [6.45, 7) is 0. The number of hydrogen-bond acceptors (Lipinski definition) is 6. The summed E-state index contributed by atoms with van der Waals surface area (Å²) in [6, 6.07) is 4.45. The lowest BCUT2D eigenvalue weighted by molar-refractivity contribution is -0.116. The minimum Gasteiger partial charge on any atom is -0.504 e. The van der Waals surface area contributed by atoms with Gasteiger partial charge in [-0.1, -0.05) is 0 Å². The molecule has 1 aliphatic rings. The van der Waals surface area contributed by atoms with Crippen molar-refractivity contribution in [2.45, 2.75) is 0 Å². The zero-order valence-electron chi connectivity index (χ0n) is 9.35. The molecule has 1 fully saturated rings. The normalized spacial score (nSPS) is 13.9. The Morgan fingerprint density at radius 1 is 1.28 bits per heavy atom. The number of nitrogens with one attached hydrogen (secondary N) is 3. The predicted octanol–water partition coefficient (Wildman–Crippen LogP) is -0.670. The maximum atomic E-state index is 11.1. The number of nitrogens with zero attached hydrogens (tertiary/aromatic N) is 1. The van der Waals surface area contributed by atoms with Crippen LogP contribution in [0.3, 0.4) is 0 Å². The Morgan fingerprint density at radius 3 is 2.50 bits per heavy atom. The molecule has 0 aromatic heterocycles. The number of benzene rings is 1. The molecule has 0 aliphatic carbocycles. The minimum absolute atomic E-state index is 0.0805. The van der Waals surface area contributed by atoms with E-state index in [0.29, 0.717) is 11.4 Å². The number of aromatic hydroxyl groups is 1. The summed E-state index contributed by atoms with van der Waals surface area (Å²) in [7, 11) is 1.43. The minimum atomic E-state index is -0.620. The third-order valence-corrected chi connectivity index (χ3v) is 2.20. The molecule has 2 amide bonds. The Balaban J connectivity index is 2.15. The number of amides is 2. The van der Waals surface area contributed by atoms with Gasteiger partial charge in [0, 0.05) is 6.07 Å². The second kappa shape index (κ2) is 4.62. The van der Waals surface area contributed by atoms with Crippen LogP contribution in [0.5, 0.6) is 11.5 Å². The predicted molar refractivity (Wildman–Crippen MR) is 62.0 cm³/mol. The van der Waals surface area contributed by atoms with Crippen molar-refractivity contribution in [2.75, 3.05) is 12.5 Å². The summed E-state index contributed by atoms with van der Waals surface area (Å²) >= 11 is 0. The van der Waals surface area contributed by atoms with E-state index in [1.807, 2.05) is 0 Å². The largest absolute Gasteiger partial charge is 0.504 e. The lowest BCUT2D eigenvalue weighted by Crippen LogP contribution is -2.28. The molecule has 0 saturated carbocycles. The van der Waals surface area contributed by atoms with Gasteiger partial charge >= 0.3 is 0 Å². The van der Waals surface area contributed by atoms with E-state index < -0.39 is 11.8 Å². The van der Waals surface area contributed by atoms with Gasteiger partial charge in [0.15, 0.2) is 11.5 Å². The van der Waals surface area contributed by atoms with E-state index in [9.17, 15) is 14.7 Å². The first-order valence-corrected chi connectivity index (χ1v) is 4.93. The van der Waals surface area contributed by atoms with Crippen molar-refractivity contribution in [1.82, 2.24) is 10.9 Å². The van der Waals surface area contributed by atoms with Crippen molar-refractivity contribution in [1.29, 1.82) is 0 Å². The van der Waals surface area contributed by atoms with Crippen LogP contribution in [0.1, 0.15) is 0 Å². The molecular weight excluding hydrogens is 240 g/mol. The van der Waals surface area contributed by atoms with Crippen LogP contribution in [0.2, 0.25) is 0 Å². The third-order valence-electron chi connectivity index (χ3n) is 2.20. The highest BCUT2D eigenvalue weighted by atomic mass is 16.5. The highest BCUT2D eigenvalue weighted by molar-refractivity contribution is 6.67. The molecule has 1 aliphatic heterocycles. The molecule has 0 bridgehead atoms. The van der Waals surface area contributed by atoms with Gasteiger partial charge in [0.1, 0.15) is 0 Å². The Kier molecular flexibility index (Phi) is 3.00. The molecule has 0 radical (unpaired) electrons. The van der Waals surface area contributed by atoms with Gasteiger partial charge in [0.25, 0.3) is 11.8 Å². The van der Waals surface area contributed by atoms with Crippen LogP contribution in [0, 0.1) is 0 Å². The van der Waals surface area contributed by atoms with Crippen molar-refractivity contribution in [2.24, 2.45) is 5.10 Å². The van der Waals surface area contributed by atoms with E-state index >= 15 is 0 Å². The summed E-state index contributed by atoms with van der Waals surface area (Å²) in [5.41, 5.74) is 6.83. The zero-order chi connectivity index (χ0) is 13.1. The number of hydrazone groups is 1. The maximum Gasteiger partial charge on any atom is 0.295 e. The Morgan fingerprint density at radius 2 is 1.94 bits per heavy atom. The van der Waals surface area contributed by atoms with Crippen LogP contribution in [0.4, 0.5) is 5.69 Å². The molecule has 8 nitrogen and oxygen atoms in total. The van der Waals surface area contributed by atoms with Crippen LogP contribution in [-0.2, 0) is 9.59 Å². The number of carbonyl (C=O) groups is 2. The SMILES string of the molecule is COc1ccc(NN=C2C(=O)NNC2=O)cc1O. The molecule has 2 rings (SSSR count). The fourth-order valence-electron chi connectivity index (χ4n) is 1.32. The summed E-state index contributed by atoms with van der Waals surface area (Å²) in [4.78, 5) is 22.3. The van der Waals surface area contributed by atoms with Gasteiger partial charge < -0.3 is 9.84 Å². The maximum absolute atomic E-state index is 11.1. The molecule has 4 N–H and O–H groups in total. The molecule has 18 heavy (non-hydrogen) atoms. The first-order chi connectivity index (χ1) is 8.61. The second-order valence-corrected chi connectivity index (χ2v) is 3.37. The molecule has 0 atom stereocenters. The van der Waals surface area contributed by atoms with Crippen molar-refractivity contribution >= 4 is 23.2 Å². The van der Waals surface area contributed by atoms with Crippen LogP contribution < -0.4 is 21.0 Å². The molecule has 94 valence electrons. The summed E-state index contributed by atoms with van der Waals surface area (Å²) in [5, 5.41) is 13.2. The standard InChI is InChI=1S/C10H10N4O4/c1-18-7-3-2-5(4-6(7)15)11-12-8-9(16)13-14-10(8)17/h2-4,11,15H,1H3,(H2,12,13,14,16,17). The van der Waals surface area contributed by atoms with E-state index in [-0.39, 0.29) is 11.5 Å². The van der Waals surface area contributed by atoms with E-state index in [4.69, 9.17) is 4.74 Å². The monoisotopic (exact) mass is 250 g/mol. The number of phenols is 1. The highest BCUT2D eigenvalue weighted by Crippen LogP contribution is 2.28. The van der Waals surface area contributed by atoms with Gasteiger partial charge in [-0.3, -0.25) is 25.9 Å². The summed E-state index contributed by atoms with van der Waals surface area (Å²) < 4.78 is 4.87. The number of hydrazine groups is 1. The van der Waals surface area contributed by atoms with Crippen LogP contribution in [-0.4, -0.2) is 29.7 Å². The molecule has 1 aromatic carbocycles. The average Bonchev–Trinajstić information content (AvgIpc) is 2.67. The van der Waals surface area contributed by atoms with Crippen LogP contribution in [0.15, 0.2) is 23.3 Å². The van der Waals surface area contributed by atoms with Crippen LogP contribution in [0.25, 0.3) is 0 Å². The zero-order valence-corrected chi connectivity index (χ0v) is 9.35. The van der Waals surface area contributed by atoms with E-state index in [2.05, 4.69) is 21.4 Å².